The van der Waals surface area contributed by atoms with Crippen LogP contribution in [0.3, 0.4) is 0 Å². The first-order valence-corrected chi connectivity index (χ1v) is 34.9. The van der Waals surface area contributed by atoms with Gasteiger partial charge in [-0.2, -0.15) is 0 Å². The third kappa shape index (κ3) is 6.94. The van der Waals surface area contributed by atoms with Crippen LogP contribution in [0.1, 0.15) is 109 Å². The molecule has 2 unspecified atom stereocenters. The van der Waals surface area contributed by atoms with Crippen LogP contribution in [-0.4, -0.2) is 16.4 Å². The van der Waals surface area contributed by atoms with Gasteiger partial charge in [-0.1, -0.05) is 0 Å². The van der Waals surface area contributed by atoms with Crippen molar-refractivity contribution in [3.05, 3.63) is 129 Å². The van der Waals surface area contributed by atoms with Gasteiger partial charge in [0, 0.05) is 0 Å². The number of hydrogen-bond acceptors (Lipinski definition) is 2. The number of rotatable bonds is 13. The monoisotopic (exact) mass is 927 g/mol. The van der Waals surface area contributed by atoms with Crippen molar-refractivity contribution >= 4 is 45.7 Å². The summed E-state index contributed by atoms with van der Waals surface area (Å²) >= 11 is -6.19. The Bertz CT molecular complexity index is 2010. The van der Waals surface area contributed by atoms with Crippen LogP contribution in [0.15, 0.2) is 96.1 Å². The van der Waals surface area contributed by atoms with Crippen molar-refractivity contribution in [2.24, 2.45) is 11.8 Å². The van der Waals surface area contributed by atoms with Crippen LogP contribution in [0.2, 0.25) is 0 Å². The second-order valence-electron chi connectivity index (χ2n) is 15.6. The normalized spacial score (nSPS) is 17.0. The molecule has 2 aliphatic carbocycles. The van der Waals surface area contributed by atoms with Crippen molar-refractivity contribution in [3.63, 3.8) is 0 Å². The van der Waals surface area contributed by atoms with Gasteiger partial charge in [-0.15, -0.1) is 0 Å². The van der Waals surface area contributed by atoms with Crippen molar-refractivity contribution in [1.82, 2.24) is 10.5 Å². The van der Waals surface area contributed by atoms with E-state index < -0.39 is 27.8 Å². The molecule has 0 saturated heterocycles. The van der Waals surface area contributed by atoms with Gasteiger partial charge in [-0.05, 0) is 0 Å². The summed E-state index contributed by atoms with van der Waals surface area (Å²) in [5, 5.41) is 6.57. The Morgan fingerprint density at radius 2 is 0.963 bits per heavy atom. The fraction of sp³-hybridized carbons (Fsp3) is 0.348. The molecule has 0 heterocycles. The second-order valence-corrected chi connectivity index (χ2v) is 46.0. The molecule has 0 aliphatic heterocycles. The SMILES string of the molecule is CCC(=O)N[B](NC(=O)CC)[Hf]([Cl])([Cl])([CH]1C(C(C)C)=Cc2c(-c3ccccc3CC)cccc21)[CH]1C(C(C)C)=Cc2c(-c3ccccc3CC)cccc21. The molecule has 2 atom stereocenters. The number of allylic oxidation sites excluding steroid dienone is 2. The quantitative estimate of drug-likeness (QED) is 0.131. The number of nitrogens with one attached hydrogen (secondary N) is 2. The van der Waals surface area contributed by atoms with E-state index in [4.69, 9.17) is 17.2 Å². The average Bonchev–Trinajstić information content (AvgIpc) is 3.79. The van der Waals surface area contributed by atoms with Crippen LogP contribution in [-0.2, 0) is 38.3 Å². The maximum atomic E-state index is 13.7. The molecule has 2 aliphatic rings. The molecular weight excluding hydrogens is 873 g/mol. The van der Waals surface area contributed by atoms with Gasteiger partial charge in [-0.3, -0.25) is 0 Å². The number of halogens is 2. The molecule has 54 heavy (non-hydrogen) atoms. The zero-order chi connectivity index (χ0) is 39.0. The zero-order valence-corrected chi connectivity index (χ0v) is 38.1. The molecular formula is C46H54BCl2HfN2O2. The number of carbonyl (C=O) groups is 2. The average molecular weight is 927 g/mol. The standard InChI is InChI=1S/2C20H21.C6H11BN2O2.2ClH.Hf/c2*1-4-15-8-5-6-10-18(15)19-11-7-9-16-12-17(14(2)3)13-20(16)19;1-3-5(10)8-7-9-6(11)4-2;;;/h2*5-14H,4H2,1-3H3;3-4H2,1-2H3,(H-,8,9,10,11);2*1H;/q;;;;;+1/p-1. The number of amides is 2. The molecule has 2 N–H and O–H groups in total. The minimum absolute atomic E-state index is 0.0872. The first kappa shape index (κ1) is 40.5. The molecule has 4 aromatic rings. The summed E-state index contributed by atoms with van der Waals surface area (Å²) in [5.41, 5.74) is 13.9. The van der Waals surface area contributed by atoms with E-state index in [9.17, 15) is 9.59 Å². The molecule has 0 fully saturated rings. The summed E-state index contributed by atoms with van der Waals surface area (Å²) in [5.74, 6) is -0.217. The van der Waals surface area contributed by atoms with Crippen molar-refractivity contribution in [2.75, 3.05) is 0 Å². The molecule has 0 radical (unpaired) electrons. The van der Waals surface area contributed by atoms with E-state index in [0.29, 0.717) is 0 Å². The molecule has 4 aromatic carbocycles. The number of carbonyl (C=O) groups excluding carboxylic acids is 2. The van der Waals surface area contributed by atoms with Gasteiger partial charge in [-0.25, -0.2) is 0 Å². The molecule has 281 valence electrons. The predicted molar refractivity (Wildman–Crippen MR) is 228 cm³/mol. The molecule has 4 nitrogen and oxygen atoms in total. The molecule has 2 amide bonds. The van der Waals surface area contributed by atoms with Crippen molar-refractivity contribution in [2.45, 2.75) is 88.4 Å². The second kappa shape index (κ2) is 16.1. The fourth-order valence-corrected chi connectivity index (χ4v) is 39.2. The van der Waals surface area contributed by atoms with E-state index in [2.05, 4.69) is 149 Å². The van der Waals surface area contributed by atoms with Crippen LogP contribution in [0.25, 0.3) is 34.4 Å². The summed E-state index contributed by atoms with van der Waals surface area (Å²) < 4.78 is -1.75. The first-order chi connectivity index (χ1) is 25.8. The number of fused-ring (bicyclic) bond motifs is 2. The summed E-state index contributed by atoms with van der Waals surface area (Å²) in [6, 6.07) is 30.2. The van der Waals surface area contributed by atoms with E-state index in [0.717, 1.165) is 57.4 Å². The third-order valence-electron chi connectivity index (χ3n) is 11.8. The Morgan fingerprint density at radius 3 is 1.31 bits per heavy atom. The van der Waals surface area contributed by atoms with E-state index in [1.54, 1.807) is 0 Å². The van der Waals surface area contributed by atoms with Crippen LogP contribution in [0.5, 0.6) is 0 Å². The Kier molecular flexibility index (Phi) is 12.1. The molecule has 0 spiro atoms. The van der Waals surface area contributed by atoms with Gasteiger partial charge < -0.3 is 0 Å². The Balaban J connectivity index is 1.73. The third-order valence-corrected chi connectivity index (χ3v) is 40.1. The van der Waals surface area contributed by atoms with Crippen molar-refractivity contribution in [1.29, 1.82) is 0 Å². The van der Waals surface area contributed by atoms with E-state index in [1.165, 1.54) is 22.3 Å². The van der Waals surface area contributed by atoms with E-state index >= 15 is 0 Å². The van der Waals surface area contributed by atoms with Gasteiger partial charge in [0.25, 0.3) is 0 Å². The van der Waals surface area contributed by atoms with Gasteiger partial charge in [0.1, 0.15) is 0 Å². The van der Waals surface area contributed by atoms with Crippen LogP contribution in [0, 0.1) is 11.8 Å². The van der Waals surface area contributed by atoms with Gasteiger partial charge >= 0.3 is 334 Å². The van der Waals surface area contributed by atoms with E-state index in [1.807, 2.05) is 13.8 Å². The molecule has 0 bridgehead atoms. The topological polar surface area (TPSA) is 58.2 Å². The predicted octanol–water partition coefficient (Wildman–Crippen LogP) is 12.1. The van der Waals surface area contributed by atoms with Crippen LogP contribution < -0.4 is 10.5 Å². The number of benzene rings is 4. The number of hydrogen-bond donors (Lipinski definition) is 2. The summed E-state index contributed by atoms with van der Waals surface area (Å²) in [4.78, 5) is 27.4. The summed E-state index contributed by atoms with van der Waals surface area (Å²) in [7, 11) is 17.8. The fourth-order valence-electron chi connectivity index (χ4n) is 9.07. The van der Waals surface area contributed by atoms with Crippen molar-refractivity contribution in [3.8, 4) is 22.3 Å². The van der Waals surface area contributed by atoms with Crippen LogP contribution in [0.4, 0.5) is 0 Å². The molecule has 0 saturated carbocycles. The van der Waals surface area contributed by atoms with Crippen LogP contribution >= 0.6 is 17.2 Å². The van der Waals surface area contributed by atoms with Crippen molar-refractivity contribution < 1.29 is 25.5 Å². The summed E-state index contributed by atoms with van der Waals surface area (Å²) in [6.45, 7) is 16.9. The first-order valence-electron chi connectivity index (χ1n) is 19.8. The van der Waals surface area contributed by atoms with Gasteiger partial charge in [0.15, 0.2) is 0 Å². The summed E-state index contributed by atoms with van der Waals surface area (Å²) in [6.07, 6.45) is 6.93. The maximum absolute atomic E-state index is 13.7. The minimum atomic E-state index is -6.19. The Labute approximate surface area is 331 Å². The zero-order valence-electron chi connectivity index (χ0n) is 33.0. The Morgan fingerprint density at radius 1 is 0.593 bits per heavy atom. The molecule has 6 rings (SSSR count). The molecule has 8 heteroatoms. The number of aryl methyl sites for hydroxylation is 2. The van der Waals surface area contributed by atoms with Gasteiger partial charge in [0.2, 0.25) is 0 Å². The van der Waals surface area contributed by atoms with E-state index in [-0.39, 0.29) is 36.5 Å². The molecule has 0 aromatic heterocycles. The van der Waals surface area contributed by atoms with Gasteiger partial charge in [0.05, 0.1) is 0 Å². The Hall–Kier alpha value is -3.18.